The summed E-state index contributed by atoms with van der Waals surface area (Å²) in [7, 11) is 0. The molecule has 0 aromatic rings. The highest BCUT2D eigenvalue weighted by atomic mass is 16.6. The molecular formula is C23H44O4. The minimum absolute atomic E-state index is 0.162. The van der Waals surface area contributed by atoms with Crippen LogP contribution in [-0.4, -0.2) is 24.6 Å². The molecule has 160 valence electrons. The molecule has 27 heavy (non-hydrogen) atoms. The summed E-state index contributed by atoms with van der Waals surface area (Å²) in [6.45, 7) is 6.29. The summed E-state index contributed by atoms with van der Waals surface area (Å²) in [5.74, 6) is -0.378. The summed E-state index contributed by atoms with van der Waals surface area (Å²) in [4.78, 5) is 23.3. The molecule has 0 aliphatic heterocycles. The van der Waals surface area contributed by atoms with Crippen LogP contribution in [0.15, 0.2) is 0 Å². The summed E-state index contributed by atoms with van der Waals surface area (Å²) in [6, 6.07) is 0. The Balaban J connectivity index is 3.43. The second-order valence-corrected chi connectivity index (χ2v) is 7.73. The van der Waals surface area contributed by atoms with Gasteiger partial charge in [-0.25, -0.2) is 0 Å². The zero-order valence-electron chi connectivity index (χ0n) is 18.2. The summed E-state index contributed by atoms with van der Waals surface area (Å²) in [5, 5.41) is 0. The van der Waals surface area contributed by atoms with Crippen LogP contribution in [0.4, 0.5) is 0 Å². The summed E-state index contributed by atoms with van der Waals surface area (Å²) in [6.07, 6.45) is 17.5. The smallest absolute Gasteiger partial charge is 0.306 e. The van der Waals surface area contributed by atoms with Gasteiger partial charge >= 0.3 is 11.9 Å². The van der Waals surface area contributed by atoms with Gasteiger partial charge in [-0.05, 0) is 19.8 Å². The lowest BCUT2D eigenvalue weighted by Gasteiger charge is -2.13. The molecule has 0 N–H and O–H groups in total. The molecule has 0 fully saturated rings. The van der Waals surface area contributed by atoms with Crippen LogP contribution in [0.25, 0.3) is 0 Å². The third kappa shape index (κ3) is 19.5. The zero-order valence-corrected chi connectivity index (χ0v) is 18.2. The third-order valence-electron chi connectivity index (χ3n) is 4.78. The normalized spacial score (nSPS) is 12.0. The summed E-state index contributed by atoms with van der Waals surface area (Å²) >= 11 is 0. The Bertz CT molecular complexity index is 354. The van der Waals surface area contributed by atoms with Crippen LogP contribution in [-0.2, 0) is 19.1 Å². The number of esters is 2. The van der Waals surface area contributed by atoms with E-state index in [1.807, 2.05) is 0 Å². The van der Waals surface area contributed by atoms with Crippen LogP contribution in [0.2, 0.25) is 0 Å². The van der Waals surface area contributed by atoms with Crippen molar-refractivity contribution in [3.8, 4) is 0 Å². The molecule has 4 heteroatoms. The second-order valence-electron chi connectivity index (χ2n) is 7.73. The summed E-state index contributed by atoms with van der Waals surface area (Å²) in [5.41, 5.74) is 0. The molecule has 0 amide bonds. The van der Waals surface area contributed by atoms with Crippen molar-refractivity contribution in [1.82, 2.24) is 0 Å². The van der Waals surface area contributed by atoms with Crippen molar-refractivity contribution >= 4 is 11.9 Å². The van der Waals surface area contributed by atoms with E-state index in [-0.39, 0.29) is 24.6 Å². The van der Waals surface area contributed by atoms with Crippen molar-refractivity contribution in [3.05, 3.63) is 0 Å². The molecular weight excluding hydrogens is 340 g/mol. The first-order valence-corrected chi connectivity index (χ1v) is 11.4. The molecule has 0 heterocycles. The molecule has 1 atom stereocenters. The van der Waals surface area contributed by atoms with Gasteiger partial charge in [0.2, 0.25) is 0 Å². The van der Waals surface area contributed by atoms with Gasteiger partial charge in [-0.15, -0.1) is 0 Å². The highest BCUT2D eigenvalue weighted by Crippen LogP contribution is 2.12. The fourth-order valence-corrected chi connectivity index (χ4v) is 3.05. The molecule has 0 saturated carbocycles. The van der Waals surface area contributed by atoms with Gasteiger partial charge in [-0.3, -0.25) is 9.59 Å². The van der Waals surface area contributed by atoms with Crippen LogP contribution >= 0.6 is 0 Å². The second kappa shape index (κ2) is 19.7. The van der Waals surface area contributed by atoms with E-state index in [0.717, 1.165) is 32.1 Å². The topological polar surface area (TPSA) is 52.6 Å². The fourth-order valence-electron chi connectivity index (χ4n) is 3.05. The molecule has 0 aliphatic carbocycles. The number of carbonyl (C=O) groups is 2. The number of rotatable bonds is 19. The average Bonchev–Trinajstić information content (AvgIpc) is 2.64. The molecule has 0 aromatic carbocycles. The molecule has 0 spiro atoms. The van der Waals surface area contributed by atoms with Gasteiger partial charge in [-0.2, -0.15) is 0 Å². The monoisotopic (exact) mass is 384 g/mol. The van der Waals surface area contributed by atoms with E-state index < -0.39 is 0 Å². The van der Waals surface area contributed by atoms with Crippen molar-refractivity contribution in [1.29, 1.82) is 0 Å². The van der Waals surface area contributed by atoms with E-state index in [9.17, 15) is 9.59 Å². The minimum Gasteiger partial charge on any atom is -0.462 e. The maximum Gasteiger partial charge on any atom is 0.306 e. The van der Waals surface area contributed by atoms with Crippen LogP contribution in [0.3, 0.4) is 0 Å². The lowest BCUT2D eigenvalue weighted by molar-refractivity contribution is -0.158. The molecule has 0 saturated heterocycles. The Morgan fingerprint density at radius 2 is 1.04 bits per heavy atom. The van der Waals surface area contributed by atoms with Gasteiger partial charge in [0.25, 0.3) is 0 Å². The predicted octanol–water partition coefficient (Wildman–Crippen LogP) is 6.74. The lowest BCUT2D eigenvalue weighted by Crippen LogP contribution is -2.22. The zero-order chi connectivity index (χ0) is 20.2. The van der Waals surface area contributed by atoms with Crippen LogP contribution < -0.4 is 0 Å². The first kappa shape index (κ1) is 25.9. The molecule has 0 radical (unpaired) electrons. The van der Waals surface area contributed by atoms with E-state index in [4.69, 9.17) is 9.47 Å². The number of ether oxygens (including phenoxy) is 2. The van der Waals surface area contributed by atoms with Crippen LogP contribution in [0.1, 0.15) is 124 Å². The van der Waals surface area contributed by atoms with Gasteiger partial charge in [0.1, 0.15) is 12.7 Å². The Kier molecular flexibility index (Phi) is 18.9. The number of carbonyl (C=O) groups excluding carboxylic acids is 2. The molecule has 4 nitrogen and oxygen atoms in total. The molecule has 0 aliphatic rings. The highest BCUT2D eigenvalue weighted by Gasteiger charge is 2.12. The van der Waals surface area contributed by atoms with Gasteiger partial charge in [0.05, 0.1) is 0 Å². The van der Waals surface area contributed by atoms with Crippen molar-refractivity contribution in [2.24, 2.45) is 0 Å². The molecule has 0 aromatic heterocycles. The van der Waals surface area contributed by atoms with Crippen molar-refractivity contribution in [3.63, 3.8) is 0 Å². The maximum absolute atomic E-state index is 11.8. The minimum atomic E-state index is -0.361. The molecule has 0 bridgehead atoms. The summed E-state index contributed by atoms with van der Waals surface area (Å²) < 4.78 is 10.4. The van der Waals surface area contributed by atoms with Crippen molar-refractivity contribution < 1.29 is 19.1 Å². The van der Waals surface area contributed by atoms with Gasteiger partial charge in [0, 0.05) is 12.8 Å². The van der Waals surface area contributed by atoms with Crippen molar-refractivity contribution in [2.75, 3.05) is 6.61 Å². The fraction of sp³-hybridized carbons (Fsp3) is 0.913. The lowest BCUT2D eigenvalue weighted by atomic mass is 10.1. The SMILES string of the molecule is CCCCCCCCCCCCCC(=O)O[C@H](C)COC(=O)CCCCC. The molecule has 0 rings (SSSR count). The maximum atomic E-state index is 11.8. The van der Waals surface area contributed by atoms with Crippen molar-refractivity contribution in [2.45, 2.75) is 130 Å². The van der Waals surface area contributed by atoms with Crippen LogP contribution in [0, 0.1) is 0 Å². The first-order chi connectivity index (χ1) is 13.1. The van der Waals surface area contributed by atoms with Gasteiger partial charge in [-0.1, -0.05) is 90.9 Å². The van der Waals surface area contributed by atoms with E-state index in [1.165, 1.54) is 57.8 Å². The highest BCUT2D eigenvalue weighted by molar-refractivity contribution is 5.70. The Morgan fingerprint density at radius 1 is 0.630 bits per heavy atom. The Morgan fingerprint density at radius 3 is 1.59 bits per heavy atom. The predicted molar refractivity (Wildman–Crippen MR) is 112 cm³/mol. The average molecular weight is 385 g/mol. The Labute approximate surface area is 167 Å². The first-order valence-electron chi connectivity index (χ1n) is 11.4. The molecule has 0 unspecified atom stereocenters. The van der Waals surface area contributed by atoms with Crippen LogP contribution in [0.5, 0.6) is 0 Å². The standard InChI is InChI=1S/C23H44O4/c1-4-6-8-9-10-11-12-13-14-15-17-19-23(25)27-21(3)20-26-22(24)18-16-7-5-2/h21H,4-20H2,1-3H3/t21-/m1/s1. The number of unbranched alkanes of at least 4 members (excludes halogenated alkanes) is 12. The van der Waals surface area contributed by atoms with E-state index in [2.05, 4.69) is 13.8 Å². The largest absolute Gasteiger partial charge is 0.462 e. The van der Waals surface area contributed by atoms with E-state index in [1.54, 1.807) is 6.92 Å². The quantitative estimate of drug-likeness (QED) is 0.183. The third-order valence-corrected chi connectivity index (χ3v) is 4.78. The number of hydrogen-bond donors (Lipinski definition) is 0. The van der Waals surface area contributed by atoms with Gasteiger partial charge < -0.3 is 9.47 Å². The van der Waals surface area contributed by atoms with E-state index in [0.29, 0.717) is 12.8 Å². The Hall–Kier alpha value is -1.06. The van der Waals surface area contributed by atoms with Gasteiger partial charge in [0.15, 0.2) is 0 Å². The van der Waals surface area contributed by atoms with E-state index >= 15 is 0 Å². The number of hydrogen-bond acceptors (Lipinski definition) is 4.